The summed E-state index contributed by atoms with van der Waals surface area (Å²) in [6.45, 7) is 1.89. The normalized spacial score (nSPS) is 13.3. The third-order valence-electron chi connectivity index (χ3n) is 2.70. The largest absolute Gasteiger partial charge is 0.338 e. The van der Waals surface area contributed by atoms with Crippen LogP contribution in [0, 0.1) is 5.82 Å². The average molecular weight is 330 g/mol. The molecule has 21 heavy (non-hydrogen) atoms. The lowest BCUT2D eigenvalue weighted by Gasteiger charge is -2.10. The van der Waals surface area contributed by atoms with Crippen LogP contribution in [-0.2, 0) is 21.3 Å². The molecule has 0 bridgehead atoms. The fourth-order valence-electron chi connectivity index (χ4n) is 1.73. The molecule has 1 heterocycles. The summed E-state index contributed by atoms with van der Waals surface area (Å²) in [4.78, 5) is 4.01. The van der Waals surface area contributed by atoms with Crippen molar-refractivity contribution in [3.63, 3.8) is 0 Å². The first-order valence-corrected chi connectivity index (χ1v) is 9.31. The van der Waals surface area contributed by atoms with Crippen molar-refractivity contribution >= 4 is 21.6 Å². The molecule has 2 aromatic rings. The van der Waals surface area contributed by atoms with Crippen LogP contribution in [0.4, 0.5) is 4.39 Å². The van der Waals surface area contributed by atoms with Gasteiger partial charge in [0.2, 0.25) is 5.89 Å². The van der Waals surface area contributed by atoms with Crippen LogP contribution in [0.2, 0.25) is 0 Å². The lowest BCUT2D eigenvalue weighted by molar-refractivity contribution is 0.386. The maximum Gasteiger partial charge on any atom is 0.236 e. The van der Waals surface area contributed by atoms with Gasteiger partial charge in [-0.1, -0.05) is 23.4 Å². The third-order valence-corrected chi connectivity index (χ3v) is 4.65. The third kappa shape index (κ3) is 4.82. The molecule has 8 heteroatoms. The van der Waals surface area contributed by atoms with Crippen molar-refractivity contribution in [2.45, 2.75) is 23.7 Å². The first kappa shape index (κ1) is 16.0. The van der Waals surface area contributed by atoms with Gasteiger partial charge < -0.3 is 4.52 Å². The highest BCUT2D eigenvalue weighted by molar-refractivity contribution is 7.98. The standard InChI is InChI=1S/C13H15FN2O3S2/c1-9(10-5-3-4-6-11(10)14)20-7-13-15-12(16-19-13)8-21(2,17)18/h3-6,9H,7-8H2,1-2H3/t9-/m0/s1. The van der Waals surface area contributed by atoms with Gasteiger partial charge in [-0.15, -0.1) is 11.8 Å². The van der Waals surface area contributed by atoms with Gasteiger partial charge in [-0.05, 0) is 13.0 Å². The number of nitrogens with zero attached hydrogens (tertiary/aromatic N) is 2. The second kappa shape index (κ2) is 6.57. The molecule has 5 nitrogen and oxygen atoms in total. The Balaban J connectivity index is 1.96. The van der Waals surface area contributed by atoms with Crippen LogP contribution in [0.25, 0.3) is 0 Å². The lowest BCUT2D eigenvalue weighted by Crippen LogP contribution is -2.02. The zero-order chi connectivity index (χ0) is 15.5. The van der Waals surface area contributed by atoms with Crippen LogP contribution in [0.5, 0.6) is 0 Å². The maximum atomic E-state index is 13.6. The number of sulfone groups is 1. The van der Waals surface area contributed by atoms with Crippen molar-refractivity contribution in [2.75, 3.05) is 6.26 Å². The highest BCUT2D eigenvalue weighted by Crippen LogP contribution is 2.31. The molecule has 0 N–H and O–H groups in total. The van der Waals surface area contributed by atoms with Crippen LogP contribution in [0.1, 0.15) is 29.5 Å². The van der Waals surface area contributed by atoms with Gasteiger partial charge in [0, 0.05) is 17.1 Å². The fraction of sp³-hybridized carbons (Fsp3) is 0.385. The molecular weight excluding hydrogens is 315 g/mol. The molecule has 0 aliphatic carbocycles. The predicted molar refractivity (Wildman–Crippen MR) is 79.0 cm³/mol. The molecule has 2 rings (SSSR count). The minimum atomic E-state index is -3.19. The van der Waals surface area contributed by atoms with Crippen molar-refractivity contribution in [3.8, 4) is 0 Å². The second-order valence-corrected chi connectivity index (χ2v) is 8.12. The van der Waals surface area contributed by atoms with Gasteiger partial charge in [-0.2, -0.15) is 4.98 Å². The summed E-state index contributed by atoms with van der Waals surface area (Å²) in [5.74, 6) is 0.380. The molecule has 0 amide bonds. The number of benzene rings is 1. The van der Waals surface area contributed by atoms with Crippen LogP contribution in [0.3, 0.4) is 0 Å². The van der Waals surface area contributed by atoms with Gasteiger partial charge in [-0.25, -0.2) is 12.8 Å². The summed E-state index contributed by atoms with van der Waals surface area (Å²) in [6.07, 6.45) is 1.11. The summed E-state index contributed by atoms with van der Waals surface area (Å²) < 4.78 is 40.9. The smallest absolute Gasteiger partial charge is 0.236 e. The molecule has 0 aliphatic rings. The van der Waals surface area contributed by atoms with Crippen molar-refractivity contribution in [1.29, 1.82) is 0 Å². The van der Waals surface area contributed by atoms with E-state index in [0.29, 0.717) is 17.2 Å². The SMILES string of the molecule is C[C@H](SCc1nc(CS(C)(=O)=O)no1)c1ccccc1F. The summed E-state index contributed by atoms with van der Waals surface area (Å²) in [5.41, 5.74) is 0.610. The Kier molecular flexibility index (Phi) is 5.00. The van der Waals surface area contributed by atoms with E-state index in [4.69, 9.17) is 4.52 Å². The van der Waals surface area contributed by atoms with E-state index < -0.39 is 9.84 Å². The summed E-state index contributed by atoms with van der Waals surface area (Å²) in [5, 5.41) is 3.54. The van der Waals surface area contributed by atoms with Crippen LogP contribution in [0.15, 0.2) is 28.8 Å². The Morgan fingerprint density at radius 3 is 2.76 bits per heavy atom. The molecule has 0 radical (unpaired) electrons. The Labute approximate surface area is 126 Å². The second-order valence-electron chi connectivity index (χ2n) is 4.65. The predicted octanol–water partition coefficient (Wildman–Crippen LogP) is 2.75. The first-order valence-electron chi connectivity index (χ1n) is 6.20. The Bertz CT molecular complexity index is 716. The van der Waals surface area contributed by atoms with Gasteiger partial charge >= 0.3 is 0 Å². The lowest BCUT2D eigenvalue weighted by atomic mass is 10.1. The molecule has 0 saturated heterocycles. The topological polar surface area (TPSA) is 73.1 Å². The van der Waals surface area contributed by atoms with E-state index in [9.17, 15) is 12.8 Å². The quantitative estimate of drug-likeness (QED) is 0.811. The number of hydrogen-bond donors (Lipinski definition) is 0. The van der Waals surface area contributed by atoms with Gasteiger partial charge in [0.1, 0.15) is 11.6 Å². The monoisotopic (exact) mass is 330 g/mol. The van der Waals surface area contributed by atoms with E-state index in [1.54, 1.807) is 18.2 Å². The average Bonchev–Trinajstić information content (AvgIpc) is 2.82. The maximum absolute atomic E-state index is 13.6. The van der Waals surface area contributed by atoms with E-state index in [1.165, 1.54) is 17.8 Å². The first-order chi connectivity index (χ1) is 9.85. The minimum Gasteiger partial charge on any atom is -0.338 e. The van der Waals surface area contributed by atoms with Gasteiger partial charge in [0.15, 0.2) is 15.7 Å². The van der Waals surface area contributed by atoms with E-state index in [2.05, 4.69) is 10.1 Å². The van der Waals surface area contributed by atoms with Crippen LogP contribution < -0.4 is 0 Å². The molecule has 0 spiro atoms. The molecule has 114 valence electrons. The summed E-state index contributed by atoms with van der Waals surface area (Å²) in [7, 11) is -3.19. The van der Waals surface area contributed by atoms with Crippen molar-refractivity contribution in [3.05, 3.63) is 47.4 Å². The summed E-state index contributed by atoms with van der Waals surface area (Å²) in [6, 6.07) is 6.58. The number of thioether (sulfide) groups is 1. The van der Waals surface area contributed by atoms with Gasteiger partial charge in [-0.3, -0.25) is 0 Å². The van der Waals surface area contributed by atoms with E-state index in [1.807, 2.05) is 6.92 Å². The number of hydrogen-bond acceptors (Lipinski definition) is 6. The number of halogens is 1. The molecule has 0 fully saturated rings. The van der Waals surface area contributed by atoms with E-state index in [0.717, 1.165) is 6.26 Å². The van der Waals surface area contributed by atoms with Crippen molar-refractivity contribution in [2.24, 2.45) is 0 Å². The van der Waals surface area contributed by atoms with E-state index >= 15 is 0 Å². The number of rotatable bonds is 6. The Hall–Kier alpha value is -1.41. The highest BCUT2D eigenvalue weighted by Gasteiger charge is 2.15. The van der Waals surface area contributed by atoms with Crippen LogP contribution >= 0.6 is 11.8 Å². The van der Waals surface area contributed by atoms with Crippen LogP contribution in [-0.4, -0.2) is 24.8 Å². The molecule has 0 aliphatic heterocycles. The molecular formula is C13H15FN2O3S2. The highest BCUT2D eigenvalue weighted by atomic mass is 32.2. The minimum absolute atomic E-state index is 0.0727. The zero-order valence-electron chi connectivity index (χ0n) is 11.6. The van der Waals surface area contributed by atoms with Crippen molar-refractivity contribution in [1.82, 2.24) is 10.1 Å². The molecule has 0 unspecified atom stereocenters. The fourth-order valence-corrected chi connectivity index (χ4v) is 3.20. The Morgan fingerprint density at radius 1 is 1.38 bits per heavy atom. The summed E-state index contributed by atoms with van der Waals surface area (Å²) >= 11 is 1.44. The zero-order valence-corrected chi connectivity index (χ0v) is 13.2. The molecule has 0 saturated carbocycles. The van der Waals surface area contributed by atoms with Crippen molar-refractivity contribution < 1.29 is 17.3 Å². The molecule has 1 aromatic carbocycles. The number of aromatic nitrogens is 2. The van der Waals surface area contributed by atoms with Gasteiger partial charge in [0.05, 0.1) is 5.75 Å². The van der Waals surface area contributed by atoms with E-state index in [-0.39, 0.29) is 22.6 Å². The van der Waals surface area contributed by atoms with Gasteiger partial charge in [0.25, 0.3) is 0 Å². The Morgan fingerprint density at radius 2 is 2.10 bits per heavy atom. The molecule has 1 aromatic heterocycles. The molecule has 1 atom stereocenters.